The number of carbonyl (C=O) groups is 3. The molecule has 3 aliphatic heterocycles. The molecule has 0 aromatic carbocycles. The Hall–Kier alpha value is -1.73. The number of imide groups is 1. The minimum atomic E-state index is -0.422. The molecule has 4 heterocycles. The summed E-state index contributed by atoms with van der Waals surface area (Å²) in [5, 5.41) is 2.61. The summed E-state index contributed by atoms with van der Waals surface area (Å²) in [5.41, 5.74) is 2.92. The molecule has 3 saturated heterocycles. The van der Waals surface area contributed by atoms with Crippen molar-refractivity contribution in [2.24, 2.45) is 11.8 Å². The van der Waals surface area contributed by atoms with Crippen LogP contribution in [0.5, 0.6) is 0 Å². The third-order valence-electron chi connectivity index (χ3n) is 4.49. The summed E-state index contributed by atoms with van der Waals surface area (Å²) in [7, 11) is 0. The number of aryl methyl sites for hydroxylation is 1. The molecular formula is C14H14N2O4S. The van der Waals surface area contributed by atoms with Crippen LogP contribution in [0.15, 0.2) is 11.4 Å². The number of nitrogens with one attached hydrogen (secondary N) is 1. The Balaban J connectivity index is 1.55. The second-order valence-electron chi connectivity index (χ2n) is 5.74. The first-order valence-corrected chi connectivity index (χ1v) is 7.83. The van der Waals surface area contributed by atoms with Gasteiger partial charge in [-0.05, 0) is 25.8 Å². The number of nitrogens with zero attached hydrogens (tertiary/aromatic N) is 1. The maximum Gasteiger partial charge on any atom is 0.271 e. The van der Waals surface area contributed by atoms with E-state index in [1.807, 2.05) is 6.92 Å². The van der Waals surface area contributed by atoms with Crippen molar-refractivity contribution < 1.29 is 19.1 Å². The first-order chi connectivity index (χ1) is 10.1. The minimum Gasteiger partial charge on any atom is -0.373 e. The Morgan fingerprint density at radius 2 is 1.90 bits per heavy atom. The van der Waals surface area contributed by atoms with Crippen molar-refractivity contribution >= 4 is 29.1 Å². The van der Waals surface area contributed by atoms with E-state index in [-0.39, 0.29) is 24.0 Å². The smallest absolute Gasteiger partial charge is 0.271 e. The summed E-state index contributed by atoms with van der Waals surface area (Å²) in [6.45, 7) is 1.90. The lowest BCUT2D eigenvalue weighted by Crippen LogP contribution is -2.47. The molecule has 0 aliphatic carbocycles. The van der Waals surface area contributed by atoms with Gasteiger partial charge in [-0.3, -0.25) is 19.8 Å². The maximum atomic E-state index is 12.4. The minimum absolute atomic E-state index is 0.165. The summed E-state index contributed by atoms with van der Waals surface area (Å²) < 4.78 is 5.64. The number of thiophene rings is 1. The van der Waals surface area contributed by atoms with E-state index in [9.17, 15) is 14.4 Å². The molecule has 3 fully saturated rings. The van der Waals surface area contributed by atoms with E-state index >= 15 is 0 Å². The number of hydrogen-bond acceptors (Lipinski definition) is 5. The predicted molar refractivity (Wildman–Crippen MR) is 73.3 cm³/mol. The fourth-order valence-corrected chi connectivity index (χ4v) is 4.23. The molecule has 1 aromatic rings. The summed E-state index contributed by atoms with van der Waals surface area (Å²) in [5.74, 6) is -1.93. The maximum absolute atomic E-state index is 12.4. The van der Waals surface area contributed by atoms with Gasteiger partial charge in [0.05, 0.1) is 29.6 Å². The summed E-state index contributed by atoms with van der Waals surface area (Å²) in [4.78, 5) is 37.9. The van der Waals surface area contributed by atoms with Gasteiger partial charge in [0.25, 0.3) is 17.7 Å². The van der Waals surface area contributed by atoms with E-state index in [1.54, 1.807) is 11.4 Å². The Morgan fingerprint density at radius 1 is 1.29 bits per heavy atom. The van der Waals surface area contributed by atoms with E-state index in [1.165, 1.54) is 11.3 Å². The van der Waals surface area contributed by atoms with Crippen molar-refractivity contribution in [2.75, 3.05) is 0 Å². The third kappa shape index (κ3) is 1.77. The number of hydrazine groups is 1. The molecule has 2 bridgehead atoms. The zero-order chi connectivity index (χ0) is 14.7. The van der Waals surface area contributed by atoms with Crippen LogP contribution in [0.1, 0.15) is 28.1 Å². The normalized spacial score (nSPS) is 33.7. The number of ether oxygens (including phenoxy) is 1. The number of carbonyl (C=O) groups excluding carboxylic acids is 3. The topological polar surface area (TPSA) is 75.7 Å². The van der Waals surface area contributed by atoms with E-state index in [4.69, 9.17) is 4.74 Å². The zero-order valence-electron chi connectivity index (χ0n) is 11.4. The molecule has 7 heteroatoms. The van der Waals surface area contributed by atoms with Crippen molar-refractivity contribution in [3.8, 4) is 0 Å². The number of amides is 3. The molecule has 3 aliphatic rings. The third-order valence-corrected chi connectivity index (χ3v) is 5.35. The molecule has 3 amide bonds. The van der Waals surface area contributed by atoms with Gasteiger partial charge in [-0.1, -0.05) is 0 Å². The molecule has 1 aromatic heterocycles. The van der Waals surface area contributed by atoms with Gasteiger partial charge < -0.3 is 4.74 Å². The fourth-order valence-electron chi connectivity index (χ4n) is 3.55. The van der Waals surface area contributed by atoms with Gasteiger partial charge >= 0.3 is 0 Å². The second kappa shape index (κ2) is 4.38. The molecule has 4 atom stereocenters. The fraction of sp³-hybridized carbons (Fsp3) is 0.500. The zero-order valence-corrected chi connectivity index (χ0v) is 12.2. The molecular weight excluding hydrogens is 292 g/mol. The van der Waals surface area contributed by atoms with Crippen LogP contribution in [0.4, 0.5) is 0 Å². The van der Waals surface area contributed by atoms with Crippen LogP contribution in [0.2, 0.25) is 0 Å². The highest BCUT2D eigenvalue weighted by Crippen LogP contribution is 2.48. The van der Waals surface area contributed by atoms with Crippen LogP contribution >= 0.6 is 11.3 Å². The van der Waals surface area contributed by atoms with Crippen LogP contribution in [-0.2, 0) is 14.3 Å². The number of rotatable bonds is 2. The second-order valence-corrected chi connectivity index (χ2v) is 6.86. The van der Waals surface area contributed by atoms with Crippen LogP contribution in [-0.4, -0.2) is 34.9 Å². The summed E-state index contributed by atoms with van der Waals surface area (Å²) in [6, 6.07) is 1.73. The number of hydrogen-bond donors (Lipinski definition) is 1. The van der Waals surface area contributed by atoms with E-state index < -0.39 is 17.7 Å². The van der Waals surface area contributed by atoms with Gasteiger partial charge in [-0.25, -0.2) is 0 Å². The summed E-state index contributed by atoms with van der Waals surface area (Å²) in [6.07, 6.45) is 1.30. The monoisotopic (exact) mass is 306 g/mol. The highest BCUT2D eigenvalue weighted by Gasteiger charge is 2.62. The molecule has 21 heavy (non-hydrogen) atoms. The largest absolute Gasteiger partial charge is 0.373 e. The van der Waals surface area contributed by atoms with E-state index in [0.29, 0.717) is 5.56 Å². The Morgan fingerprint density at radius 3 is 2.43 bits per heavy atom. The van der Waals surface area contributed by atoms with Gasteiger partial charge in [-0.15, -0.1) is 11.3 Å². The van der Waals surface area contributed by atoms with Crippen LogP contribution in [0, 0.1) is 18.8 Å². The van der Waals surface area contributed by atoms with Gasteiger partial charge in [0.15, 0.2) is 0 Å². The highest BCUT2D eigenvalue weighted by atomic mass is 32.1. The molecule has 0 radical (unpaired) electrons. The summed E-state index contributed by atoms with van der Waals surface area (Å²) >= 11 is 1.45. The Bertz CT molecular complexity index is 627. The Labute approximate surface area is 125 Å². The first-order valence-electron chi connectivity index (χ1n) is 6.95. The quantitative estimate of drug-likeness (QED) is 0.822. The number of fused-ring (bicyclic) bond motifs is 5. The van der Waals surface area contributed by atoms with Crippen LogP contribution in [0.25, 0.3) is 0 Å². The average Bonchev–Trinajstić information content (AvgIpc) is 3.19. The van der Waals surface area contributed by atoms with Gasteiger partial charge in [0.1, 0.15) is 0 Å². The van der Waals surface area contributed by atoms with Crippen LogP contribution in [0.3, 0.4) is 0 Å². The molecule has 0 saturated carbocycles. The molecule has 110 valence electrons. The van der Waals surface area contributed by atoms with Crippen LogP contribution < -0.4 is 5.43 Å². The van der Waals surface area contributed by atoms with E-state index in [2.05, 4.69) is 5.43 Å². The molecule has 6 nitrogen and oxygen atoms in total. The van der Waals surface area contributed by atoms with Gasteiger partial charge in [0, 0.05) is 10.3 Å². The standard InChI is InChI=1S/C14H14N2O4S/c1-6-4-7(5-21-6)12(17)15-16-13(18)10-8-2-3-9(20-8)11(10)14(16)19/h4-5,8-11H,2-3H2,1H3,(H,15,17)/t8-,9-,10+,11+/m1/s1. The van der Waals surface area contributed by atoms with Crippen molar-refractivity contribution in [3.63, 3.8) is 0 Å². The Kier molecular flexibility index (Phi) is 2.71. The highest BCUT2D eigenvalue weighted by molar-refractivity contribution is 7.10. The average molecular weight is 306 g/mol. The lowest BCUT2D eigenvalue weighted by atomic mass is 9.81. The SMILES string of the molecule is Cc1cc(C(=O)NN2C(=O)[C@@H]3[C@@H](C2=O)[C@H]2CC[C@H]3O2)cs1. The van der Waals surface area contributed by atoms with Crippen molar-refractivity contribution in [1.29, 1.82) is 0 Å². The van der Waals surface area contributed by atoms with Crippen molar-refractivity contribution in [2.45, 2.75) is 32.0 Å². The lowest BCUT2D eigenvalue weighted by Gasteiger charge is -2.17. The van der Waals surface area contributed by atoms with E-state index in [0.717, 1.165) is 22.7 Å². The lowest BCUT2D eigenvalue weighted by molar-refractivity contribution is -0.145. The van der Waals surface area contributed by atoms with Gasteiger partial charge in [0.2, 0.25) is 0 Å². The van der Waals surface area contributed by atoms with Crippen molar-refractivity contribution in [3.05, 3.63) is 21.9 Å². The molecule has 0 spiro atoms. The van der Waals surface area contributed by atoms with Gasteiger partial charge in [-0.2, -0.15) is 5.01 Å². The molecule has 4 rings (SSSR count). The van der Waals surface area contributed by atoms with Crippen molar-refractivity contribution in [1.82, 2.24) is 10.4 Å². The molecule has 0 unspecified atom stereocenters. The first kappa shape index (κ1) is 13.0. The molecule has 1 N–H and O–H groups in total. The predicted octanol–water partition coefficient (Wildman–Crippen LogP) is 0.864.